The van der Waals surface area contributed by atoms with Crippen LogP contribution in [-0.2, 0) is 4.79 Å². The zero-order valence-electron chi connectivity index (χ0n) is 12.2. The first kappa shape index (κ1) is 16.0. The Morgan fingerprint density at radius 1 is 1.17 bits per heavy atom. The van der Waals surface area contributed by atoms with Gasteiger partial charge in [0.15, 0.2) is 0 Å². The Bertz CT molecular complexity index is 765. The number of rotatable bonds is 5. The molecule has 0 spiro atoms. The van der Waals surface area contributed by atoms with Crippen molar-refractivity contribution >= 4 is 50.8 Å². The molecule has 1 saturated carbocycles. The van der Waals surface area contributed by atoms with Crippen LogP contribution in [0.1, 0.15) is 28.1 Å². The highest BCUT2D eigenvalue weighted by molar-refractivity contribution is 9.11. The molecule has 1 aliphatic rings. The lowest BCUT2D eigenvalue weighted by Gasteiger charge is -2.09. The highest BCUT2D eigenvalue weighted by Crippen LogP contribution is 2.23. The molecule has 4 nitrogen and oxygen atoms in total. The Morgan fingerprint density at radius 2 is 1.96 bits per heavy atom. The molecule has 3 rings (SSSR count). The van der Waals surface area contributed by atoms with Gasteiger partial charge in [-0.2, -0.15) is 0 Å². The van der Waals surface area contributed by atoms with Crippen LogP contribution < -0.4 is 10.6 Å². The molecule has 2 aromatic rings. The van der Waals surface area contributed by atoms with E-state index < -0.39 is 0 Å². The molecular formula is C17H15BrN2O2S. The molecule has 1 aromatic heterocycles. The maximum atomic E-state index is 12.2. The summed E-state index contributed by atoms with van der Waals surface area (Å²) in [5, 5.41) is 5.70. The van der Waals surface area contributed by atoms with Crippen molar-refractivity contribution in [3.8, 4) is 0 Å². The van der Waals surface area contributed by atoms with E-state index in [1.807, 2.05) is 12.1 Å². The second-order valence-corrected chi connectivity index (χ2v) is 7.75. The maximum absolute atomic E-state index is 12.2. The number of carbonyl (C=O) groups is 2. The Hall–Kier alpha value is -1.92. The fourth-order valence-electron chi connectivity index (χ4n) is 2.03. The van der Waals surface area contributed by atoms with Gasteiger partial charge in [-0.05, 0) is 59.1 Å². The smallest absolute Gasteiger partial charge is 0.253 e. The van der Waals surface area contributed by atoms with E-state index in [-0.39, 0.29) is 17.9 Å². The predicted molar refractivity (Wildman–Crippen MR) is 96.6 cm³/mol. The molecule has 1 heterocycles. The lowest BCUT2D eigenvalue weighted by Crippen LogP contribution is -2.26. The fourth-order valence-corrected chi connectivity index (χ4v) is 3.36. The lowest BCUT2D eigenvalue weighted by atomic mass is 10.1. The third kappa shape index (κ3) is 4.53. The SMILES string of the molecule is O=C(C=Cc1ccc(Br)s1)Nc1ccccc1C(=O)NC1CC1. The van der Waals surface area contributed by atoms with Crippen LogP contribution in [0, 0.1) is 0 Å². The van der Waals surface area contributed by atoms with Crippen LogP contribution >= 0.6 is 27.3 Å². The van der Waals surface area contributed by atoms with Crippen molar-refractivity contribution in [3.05, 3.63) is 56.7 Å². The summed E-state index contributed by atoms with van der Waals surface area (Å²) in [6, 6.07) is 11.2. The zero-order valence-corrected chi connectivity index (χ0v) is 14.6. The van der Waals surface area contributed by atoms with Crippen molar-refractivity contribution in [2.24, 2.45) is 0 Å². The summed E-state index contributed by atoms with van der Waals surface area (Å²) in [6.07, 6.45) is 5.27. The average Bonchev–Trinajstić information content (AvgIpc) is 3.25. The molecule has 118 valence electrons. The summed E-state index contributed by atoms with van der Waals surface area (Å²) >= 11 is 4.93. The molecule has 0 unspecified atom stereocenters. The number of benzene rings is 1. The number of hydrogen-bond acceptors (Lipinski definition) is 3. The van der Waals surface area contributed by atoms with Crippen LogP contribution in [0.25, 0.3) is 6.08 Å². The normalized spacial score (nSPS) is 14.0. The predicted octanol–water partition coefficient (Wildman–Crippen LogP) is 4.05. The number of para-hydroxylation sites is 1. The molecule has 6 heteroatoms. The first-order valence-electron chi connectivity index (χ1n) is 7.26. The third-order valence-corrected chi connectivity index (χ3v) is 4.92. The van der Waals surface area contributed by atoms with Crippen molar-refractivity contribution in [2.75, 3.05) is 5.32 Å². The van der Waals surface area contributed by atoms with Crippen molar-refractivity contribution in [3.63, 3.8) is 0 Å². The van der Waals surface area contributed by atoms with E-state index in [0.29, 0.717) is 11.3 Å². The van der Waals surface area contributed by atoms with E-state index in [1.54, 1.807) is 41.7 Å². The first-order valence-corrected chi connectivity index (χ1v) is 8.87. The van der Waals surface area contributed by atoms with Gasteiger partial charge in [0.25, 0.3) is 5.91 Å². The minimum Gasteiger partial charge on any atom is -0.349 e. The van der Waals surface area contributed by atoms with Crippen molar-refractivity contribution in [2.45, 2.75) is 18.9 Å². The molecule has 2 N–H and O–H groups in total. The molecule has 0 bridgehead atoms. The van der Waals surface area contributed by atoms with Gasteiger partial charge in [-0.25, -0.2) is 0 Å². The Balaban J connectivity index is 1.68. The van der Waals surface area contributed by atoms with Gasteiger partial charge in [-0.1, -0.05) is 12.1 Å². The minimum absolute atomic E-state index is 0.144. The van der Waals surface area contributed by atoms with Gasteiger partial charge in [0.05, 0.1) is 15.0 Å². The standard InChI is InChI=1S/C17H15BrN2O2S/c18-15-9-7-12(23-15)8-10-16(21)20-14-4-2-1-3-13(14)17(22)19-11-5-6-11/h1-4,7-11H,5-6H2,(H,19,22)(H,20,21). The second kappa shape index (κ2) is 7.10. The highest BCUT2D eigenvalue weighted by atomic mass is 79.9. The molecule has 1 aliphatic carbocycles. The Morgan fingerprint density at radius 3 is 2.65 bits per heavy atom. The number of hydrogen-bond donors (Lipinski definition) is 2. The van der Waals surface area contributed by atoms with Gasteiger partial charge in [0.2, 0.25) is 5.91 Å². The number of carbonyl (C=O) groups excluding carboxylic acids is 2. The molecule has 23 heavy (non-hydrogen) atoms. The molecule has 1 aromatic carbocycles. The number of amides is 2. The van der Waals surface area contributed by atoms with Crippen molar-refractivity contribution in [1.29, 1.82) is 0 Å². The van der Waals surface area contributed by atoms with E-state index in [1.165, 1.54) is 6.08 Å². The molecule has 0 atom stereocenters. The first-order chi connectivity index (χ1) is 11.1. The number of thiophene rings is 1. The average molecular weight is 391 g/mol. The van der Waals surface area contributed by atoms with Crippen molar-refractivity contribution in [1.82, 2.24) is 5.32 Å². The summed E-state index contributed by atoms with van der Waals surface area (Å²) in [5.74, 6) is -0.407. The molecular weight excluding hydrogens is 376 g/mol. The van der Waals surface area contributed by atoms with Crippen LogP contribution in [0.4, 0.5) is 5.69 Å². The summed E-state index contributed by atoms with van der Waals surface area (Å²) in [6.45, 7) is 0. The Kier molecular flexibility index (Phi) is 4.93. The van der Waals surface area contributed by atoms with E-state index in [9.17, 15) is 9.59 Å². The molecule has 0 radical (unpaired) electrons. The van der Waals surface area contributed by atoms with Crippen LogP contribution in [0.3, 0.4) is 0 Å². The van der Waals surface area contributed by atoms with Crippen LogP contribution in [-0.4, -0.2) is 17.9 Å². The Labute approximate surface area is 146 Å². The molecule has 1 fully saturated rings. The van der Waals surface area contributed by atoms with Crippen LogP contribution in [0.15, 0.2) is 46.3 Å². The van der Waals surface area contributed by atoms with Gasteiger partial charge >= 0.3 is 0 Å². The summed E-state index contributed by atoms with van der Waals surface area (Å²) in [5.41, 5.74) is 1.01. The second-order valence-electron chi connectivity index (χ2n) is 5.26. The third-order valence-electron chi connectivity index (χ3n) is 3.34. The largest absolute Gasteiger partial charge is 0.349 e. The summed E-state index contributed by atoms with van der Waals surface area (Å²) in [7, 11) is 0. The zero-order chi connectivity index (χ0) is 16.2. The monoisotopic (exact) mass is 390 g/mol. The van der Waals surface area contributed by atoms with Crippen LogP contribution in [0.5, 0.6) is 0 Å². The highest BCUT2D eigenvalue weighted by Gasteiger charge is 2.24. The topological polar surface area (TPSA) is 58.2 Å². The molecule has 0 saturated heterocycles. The van der Waals surface area contributed by atoms with E-state index >= 15 is 0 Å². The fraction of sp³-hybridized carbons (Fsp3) is 0.176. The number of anilines is 1. The minimum atomic E-state index is -0.263. The van der Waals surface area contributed by atoms with E-state index in [0.717, 1.165) is 21.5 Å². The quantitative estimate of drug-likeness (QED) is 0.756. The van der Waals surface area contributed by atoms with Crippen LogP contribution in [0.2, 0.25) is 0 Å². The van der Waals surface area contributed by atoms with E-state index in [4.69, 9.17) is 0 Å². The van der Waals surface area contributed by atoms with Gasteiger partial charge in [0.1, 0.15) is 0 Å². The lowest BCUT2D eigenvalue weighted by molar-refractivity contribution is -0.111. The van der Waals surface area contributed by atoms with Gasteiger partial charge in [0, 0.05) is 17.0 Å². The summed E-state index contributed by atoms with van der Waals surface area (Å²) < 4.78 is 1.01. The number of nitrogens with one attached hydrogen (secondary N) is 2. The molecule has 0 aliphatic heterocycles. The van der Waals surface area contributed by atoms with Gasteiger partial charge in [-0.15, -0.1) is 11.3 Å². The van der Waals surface area contributed by atoms with Gasteiger partial charge in [-0.3, -0.25) is 9.59 Å². The van der Waals surface area contributed by atoms with Gasteiger partial charge < -0.3 is 10.6 Å². The van der Waals surface area contributed by atoms with E-state index in [2.05, 4.69) is 26.6 Å². The molecule has 2 amide bonds. The van der Waals surface area contributed by atoms with Crippen molar-refractivity contribution < 1.29 is 9.59 Å². The number of halogens is 1. The summed E-state index contributed by atoms with van der Waals surface area (Å²) in [4.78, 5) is 25.2. The maximum Gasteiger partial charge on any atom is 0.253 e.